The SMILES string of the molecule is Cc1nc(CC2CCN(c3ccc(Cc4cccnc4F)cc3)CC2)nc(C(=O)NCC(=O)O)c1O. The predicted octanol–water partition coefficient (Wildman–Crippen LogP) is 2.89. The monoisotopic (exact) mass is 493 g/mol. The molecule has 0 aliphatic carbocycles. The maximum absolute atomic E-state index is 13.8. The average Bonchev–Trinajstić information content (AvgIpc) is 2.87. The lowest BCUT2D eigenvalue weighted by molar-refractivity contribution is -0.135. The topological polar surface area (TPSA) is 129 Å². The molecule has 1 fully saturated rings. The molecule has 3 aromatic rings. The average molecular weight is 494 g/mol. The Bertz CT molecular complexity index is 1240. The summed E-state index contributed by atoms with van der Waals surface area (Å²) in [6, 6.07) is 11.6. The molecule has 36 heavy (non-hydrogen) atoms. The number of aromatic hydroxyl groups is 1. The molecule has 1 aliphatic rings. The molecule has 2 aromatic heterocycles. The number of carbonyl (C=O) groups excluding carboxylic acids is 1. The third-order valence-corrected chi connectivity index (χ3v) is 6.34. The third kappa shape index (κ3) is 6.12. The molecule has 0 saturated carbocycles. The van der Waals surface area contributed by atoms with Gasteiger partial charge in [0.1, 0.15) is 12.4 Å². The number of piperidine rings is 1. The van der Waals surface area contributed by atoms with Crippen molar-refractivity contribution in [2.45, 2.75) is 32.6 Å². The van der Waals surface area contributed by atoms with Crippen LogP contribution in [0.2, 0.25) is 0 Å². The first kappa shape index (κ1) is 25.0. The molecule has 1 saturated heterocycles. The Morgan fingerprint density at radius 1 is 1.14 bits per heavy atom. The van der Waals surface area contributed by atoms with Gasteiger partial charge in [-0.1, -0.05) is 18.2 Å². The number of rotatable bonds is 8. The molecular weight excluding hydrogens is 465 g/mol. The highest BCUT2D eigenvalue weighted by atomic mass is 19.1. The van der Waals surface area contributed by atoms with Crippen molar-refractivity contribution in [3.8, 4) is 5.75 Å². The van der Waals surface area contributed by atoms with Crippen LogP contribution in [0.5, 0.6) is 5.75 Å². The van der Waals surface area contributed by atoms with Gasteiger partial charge in [0, 0.05) is 43.4 Å². The van der Waals surface area contributed by atoms with Gasteiger partial charge >= 0.3 is 5.97 Å². The first-order chi connectivity index (χ1) is 17.3. The van der Waals surface area contributed by atoms with E-state index in [4.69, 9.17) is 5.11 Å². The molecule has 0 atom stereocenters. The summed E-state index contributed by atoms with van der Waals surface area (Å²) in [6.07, 6.45) is 4.31. The van der Waals surface area contributed by atoms with Gasteiger partial charge in [0.05, 0.1) is 5.69 Å². The maximum atomic E-state index is 13.8. The quantitative estimate of drug-likeness (QED) is 0.409. The van der Waals surface area contributed by atoms with E-state index in [1.807, 2.05) is 12.1 Å². The van der Waals surface area contributed by atoms with Crippen LogP contribution in [0.15, 0.2) is 42.6 Å². The van der Waals surface area contributed by atoms with Crippen molar-refractivity contribution in [2.24, 2.45) is 5.92 Å². The summed E-state index contributed by atoms with van der Waals surface area (Å²) in [5.74, 6) is -1.94. The molecule has 0 radical (unpaired) electrons. The Balaban J connectivity index is 1.34. The number of amides is 1. The van der Waals surface area contributed by atoms with Gasteiger partial charge in [0.25, 0.3) is 5.91 Å². The zero-order chi connectivity index (χ0) is 25.7. The van der Waals surface area contributed by atoms with E-state index >= 15 is 0 Å². The summed E-state index contributed by atoms with van der Waals surface area (Å²) in [4.78, 5) is 37.5. The standard InChI is InChI=1S/C26H28FN5O4/c1-16-24(35)23(26(36)29-15-22(33)34)31-21(30-16)14-18-8-11-32(12-9-18)20-6-4-17(5-7-20)13-19-3-2-10-28-25(19)27/h2-7,10,18,35H,8-9,11-15H2,1H3,(H,29,36)(H,33,34). The van der Waals surface area contributed by atoms with Gasteiger partial charge in [-0.25, -0.2) is 15.0 Å². The second-order valence-electron chi connectivity index (χ2n) is 8.93. The zero-order valence-corrected chi connectivity index (χ0v) is 19.9. The smallest absolute Gasteiger partial charge is 0.322 e. The van der Waals surface area contributed by atoms with Gasteiger partial charge in [0.15, 0.2) is 11.4 Å². The molecular formula is C26H28FN5O4. The van der Waals surface area contributed by atoms with Gasteiger partial charge in [-0.05, 0) is 49.4 Å². The van der Waals surface area contributed by atoms with Gasteiger partial charge < -0.3 is 20.4 Å². The fourth-order valence-corrected chi connectivity index (χ4v) is 4.36. The minimum atomic E-state index is -1.18. The third-order valence-electron chi connectivity index (χ3n) is 6.34. The number of aliphatic carboxylic acids is 1. The Kier molecular flexibility index (Phi) is 7.72. The lowest BCUT2D eigenvalue weighted by Crippen LogP contribution is -2.34. The molecule has 1 aliphatic heterocycles. The number of nitrogens with one attached hydrogen (secondary N) is 1. The molecule has 4 rings (SSSR count). The number of hydrogen-bond acceptors (Lipinski definition) is 7. The Labute approximate surface area is 208 Å². The van der Waals surface area contributed by atoms with E-state index in [0.717, 1.165) is 37.2 Å². The number of pyridine rings is 1. The molecule has 9 nitrogen and oxygen atoms in total. The molecule has 1 aromatic carbocycles. The van der Waals surface area contributed by atoms with E-state index < -0.39 is 24.4 Å². The molecule has 3 heterocycles. The van der Waals surface area contributed by atoms with E-state index in [-0.39, 0.29) is 17.1 Å². The van der Waals surface area contributed by atoms with E-state index in [9.17, 15) is 19.1 Å². The highest BCUT2D eigenvalue weighted by Crippen LogP contribution is 2.27. The fraction of sp³-hybridized carbons (Fsp3) is 0.346. The Morgan fingerprint density at radius 3 is 2.53 bits per heavy atom. The molecule has 10 heteroatoms. The molecule has 1 amide bonds. The summed E-state index contributed by atoms with van der Waals surface area (Å²) in [5, 5.41) is 21.2. The number of aryl methyl sites for hydroxylation is 1. The number of carboxylic acid groups (broad SMARTS) is 1. The van der Waals surface area contributed by atoms with Crippen LogP contribution >= 0.6 is 0 Å². The number of carboxylic acids is 1. The highest BCUT2D eigenvalue weighted by Gasteiger charge is 2.23. The highest BCUT2D eigenvalue weighted by molar-refractivity contribution is 5.96. The van der Waals surface area contributed by atoms with Crippen LogP contribution in [-0.2, 0) is 17.6 Å². The summed E-state index contributed by atoms with van der Waals surface area (Å²) in [7, 11) is 0. The van der Waals surface area contributed by atoms with Gasteiger partial charge in [-0.2, -0.15) is 4.39 Å². The van der Waals surface area contributed by atoms with Crippen molar-refractivity contribution in [2.75, 3.05) is 24.5 Å². The van der Waals surface area contributed by atoms with Crippen LogP contribution in [-0.4, -0.2) is 56.7 Å². The number of aromatic nitrogens is 3. The summed E-state index contributed by atoms with van der Waals surface area (Å²) in [6.45, 7) is 2.73. The van der Waals surface area contributed by atoms with Crippen molar-refractivity contribution in [1.82, 2.24) is 20.3 Å². The number of benzene rings is 1. The Hall–Kier alpha value is -4.08. The number of nitrogens with zero attached hydrogens (tertiary/aromatic N) is 4. The first-order valence-electron chi connectivity index (χ1n) is 11.8. The van der Waals surface area contributed by atoms with Gasteiger partial charge in [-0.15, -0.1) is 0 Å². The van der Waals surface area contributed by atoms with Crippen molar-refractivity contribution in [3.63, 3.8) is 0 Å². The number of halogens is 1. The van der Waals surface area contributed by atoms with Crippen molar-refractivity contribution < 1.29 is 24.2 Å². The normalized spacial score (nSPS) is 14.0. The van der Waals surface area contributed by atoms with Crippen LogP contribution in [0.3, 0.4) is 0 Å². The summed E-state index contributed by atoms with van der Waals surface area (Å²) in [5.41, 5.74) is 2.77. The van der Waals surface area contributed by atoms with Crippen molar-refractivity contribution >= 4 is 17.6 Å². The molecule has 0 spiro atoms. The van der Waals surface area contributed by atoms with Gasteiger partial charge in [-0.3, -0.25) is 9.59 Å². The van der Waals surface area contributed by atoms with Crippen LogP contribution in [0, 0.1) is 18.8 Å². The van der Waals surface area contributed by atoms with E-state index in [0.29, 0.717) is 30.1 Å². The van der Waals surface area contributed by atoms with Crippen LogP contribution in [0.4, 0.5) is 10.1 Å². The Morgan fingerprint density at radius 2 is 1.86 bits per heavy atom. The second kappa shape index (κ2) is 11.1. The molecule has 0 unspecified atom stereocenters. The maximum Gasteiger partial charge on any atom is 0.322 e. The minimum absolute atomic E-state index is 0.206. The predicted molar refractivity (Wildman–Crippen MR) is 130 cm³/mol. The molecule has 3 N–H and O–H groups in total. The molecule has 188 valence electrons. The van der Waals surface area contributed by atoms with E-state index in [2.05, 4.69) is 37.3 Å². The van der Waals surface area contributed by atoms with Crippen LogP contribution in [0.25, 0.3) is 0 Å². The van der Waals surface area contributed by atoms with E-state index in [1.54, 1.807) is 19.1 Å². The number of anilines is 1. The van der Waals surface area contributed by atoms with Crippen molar-refractivity contribution in [1.29, 1.82) is 0 Å². The van der Waals surface area contributed by atoms with Crippen LogP contribution < -0.4 is 10.2 Å². The second-order valence-corrected chi connectivity index (χ2v) is 8.93. The number of hydrogen-bond donors (Lipinski definition) is 3. The summed E-state index contributed by atoms with van der Waals surface area (Å²) < 4.78 is 13.8. The number of carbonyl (C=O) groups is 2. The van der Waals surface area contributed by atoms with Crippen LogP contribution in [0.1, 0.15) is 46.0 Å². The van der Waals surface area contributed by atoms with E-state index in [1.165, 1.54) is 6.20 Å². The van der Waals surface area contributed by atoms with Crippen molar-refractivity contribution in [3.05, 3.63) is 76.9 Å². The van der Waals surface area contributed by atoms with Gasteiger partial charge in [0.2, 0.25) is 5.95 Å². The molecule has 0 bridgehead atoms. The lowest BCUT2D eigenvalue weighted by atomic mass is 9.92. The zero-order valence-electron chi connectivity index (χ0n) is 19.9. The minimum Gasteiger partial charge on any atom is -0.504 e. The fourth-order valence-electron chi connectivity index (χ4n) is 4.36. The largest absolute Gasteiger partial charge is 0.504 e. The first-order valence-corrected chi connectivity index (χ1v) is 11.8. The summed E-state index contributed by atoms with van der Waals surface area (Å²) >= 11 is 0. The lowest BCUT2D eigenvalue weighted by Gasteiger charge is -2.33.